The minimum absolute atomic E-state index is 0.126. The van der Waals surface area contributed by atoms with E-state index in [0.29, 0.717) is 17.8 Å². The second-order valence-electron chi connectivity index (χ2n) is 5.52. The van der Waals surface area contributed by atoms with Crippen molar-refractivity contribution >= 4 is 17.7 Å². The van der Waals surface area contributed by atoms with Crippen LogP contribution in [0.3, 0.4) is 0 Å². The summed E-state index contributed by atoms with van der Waals surface area (Å²) >= 11 is 0. The molecule has 2 N–H and O–H groups in total. The van der Waals surface area contributed by atoms with Crippen LogP contribution in [0.2, 0.25) is 0 Å². The molecule has 0 aliphatic carbocycles. The first-order valence-corrected chi connectivity index (χ1v) is 6.62. The molecule has 20 heavy (non-hydrogen) atoms. The summed E-state index contributed by atoms with van der Waals surface area (Å²) in [6.07, 6.45) is -0.508. The Labute approximate surface area is 119 Å². The standard InChI is InChI=1S/C15H22N2O3/c1-6-16-13(18)11-7-8-12(10(2)9-11)17-14(19)20-15(3,4)5/h7-9H,6H2,1-5H3,(H,16,18)(H,17,19). The fourth-order valence-electron chi connectivity index (χ4n) is 1.62. The van der Waals surface area contributed by atoms with Crippen molar-refractivity contribution in [3.05, 3.63) is 29.3 Å². The Morgan fingerprint density at radius 3 is 2.40 bits per heavy atom. The summed E-state index contributed by atoms with van der Waals surface area (Å²) in [5.41, 5.74) is 1.46. The molecule has 0 aromatic heterocycles. The number of aryl methyl sites for hydroxylation is 1. The molecule has 1 aromatic rings. The molecule has 0 radical (unpaired) electrons. The van der Waals surface area contributed by atoms with E-state index in [9.17, 15) is 9.59 Å². The highest BCUT2D eigenvalue weighted by Crippen LogP contribution is 2.18. The van der Waals surface area contributed by atoms with E-state index in [1.807, 2.05) is 13.8 Å². The lowest BCUT2D eigenvalue weighted by atomic mass is 10.1. The largest absolute Gasteiger partial charge is 0.444 e. The van der Waals surface area contributed by atoms with Gasteiger partial charge in [-0.3, -0.25) is 10.1 Å². The van der Waals surface area contributed by atoms with E-state index in [0.717, 1.165) is 5.56 Å². The van der Waals surface area contributed by atoms with E-state index in [1.165, 1.54) is 0 Å². The molecule has 110 valence electrons. The smallest absolute Gasteiger partial charge is 0.412 e. The highest BCUT2D eigenvalue weighted by molar-refractivity contribution is 5.95. The number of rotatable bonds is 3. The molecule has 5 heteroatoms. The van der Waals surface area contributed by atoms with Crippen LogP contribution in [0.15, 0.2) is 18.2 Å². The van der Waals surface area contributed by atoms with E-state index >= 15 is 0 Å². The molecule has 0 unspecified atom stereocenters. The number of carbonyl (C=O) groups excluding carboxylic acids is 2. The van der Waals surface area contributed by atoms with Crippen molar-refractivity contribution in [2.45, 2.75) is 40.2 Å². The number of ether oxygens (including phenoxy) is 1. The monoisotopic (exact) mass is 278 g/mol. The predicted molar refractivity (Wildman–Crippen MR) is 79.0 cm³/mol. The first-order valence-electron chi connectivity index (χ1n) is 6.62. The van der Waals surface area contributed by atoms with E-state index in [4.69, 9.17) is 4.74 Å². The summed E-state index contributed by atoms with van der Waals surface area (Å²) in [6.45, 7) is 9.68. The van der Waals surface area contributed by atoms with Crippen LogP contribution in [0.5, 0.6) is 0 Å². The van der Waals surface area contributed by atoms with E-state index in [1.54, 1.807) is 39.0 Å². The van der Waals surface area contributed by atoms with Crippen LogP contribution in [-0.2, 0) is 4.74 Å². The highest BCUT2D eigenvalue weighted by Gasteiger charge is 2.17. The van der Waals surface area contributed by atoms with Gasteiger partial charge >= 0.3 is 6.09 Å². The van der Waals surface area contributed by atoms with Crippen LogP contribution in [0.25, 0.3) is 0 Å². The lowest BCUT2D eigenvalue weighted by Crippen LogP contribution is -2.27. The summed E-state index contributed by atoms with van der Waals surface area (Å²) in [7, 11) is 0. The lowest BCUT2D eigenvalue weighted by Gasteiger charge is -2.20. The van der Waals surface area contributed by atoms with Crippen LogP contribution in [0, 0.1) is 6.92 Å². The van der Waals surface area contributed by atoms with Gasteiger partial charge in [0.05, 0.1) is 0 Å². The van der Waals surface area contributed by atoms with E-state index in [2.05, 4.69) is 10.6 Å². The van der Waals surface area contributed by atoms with Crippen molar-refractivity contribution in [2.24, 2.45) is 0 Å². The maximum Gasteiger partial charge on any atom is 0.412 e. The highest BCUT2D eigenvalue weighted by atomic mass is 16.6. The number of hydrogen-bond donors (Lipinski definition) is 2. The first kappa shape index (κ1) is 16.0. The molecule has 0 heterocycles. The minimum atomic E-state index is -0.543. The fraction of sp³-hybridized carbons (Fsp3) is 0.467. The molecule has 0 fully saturated rings. The molecule has 5 nitrogen and oxygen atoms in total. The second-order valence-corrected chi connectivity index (χ2v) is 5.52. The van der Waals surface area contributed by atoms with Gasteiger partial charge in [0.1, 0.15) is 5.60 Å². The molecule has 1 aromatic carbocycles. The van der Waals surface area contributed by atoms with Crippen molar-refractivity contribution in [3.8, 4) is 0 Å². The molecule has 0 aliphatic rings. The molecule has 0 saturated carbocycles. The number of benzene rings is 1. The molecule has 0 spiro atoms. The van der Waals surface area contributed by atoms with Crippen LogP contribution in [0.4, 0.5) is 10.5 Å². The number of amides is 2. The van der Waals surface area contributed by atoms with Gasteiger partial charge in [-0.15, -0.1) is 0 Å². The SMILES string of the molecule is CCNC(=O)c1ccc(NC(=O)OC(C)(C)C)c(C)c1. The Morgan fingerprint density at radius 1 is 1.25 bits per heavy atom. The van der Waals surface area contributed by atoms with Crippen LogP contribution >= 0.6 is 0 Å². The summed E-state index contributed by atoms with van der Waals surface area (Å²) in [4.78, 5) is 23.4. The van der Waals surface area contributed by atoms with Crippen molar-refractivity contribution in [2.75, 3.05) is 11.9 Å². The van der Waals surface area contributed by atoms with Crippen molar-refractivity contribution in [1.82, 2.24) is 5.32 Å². The Balaban J connectivity index is 2.79. The number of nitrogens with one attached hydrogen (secondary N) is 2. The molecule has 1 rings (SSSR count). The number of carbonyl (C=O) groups is 2. The van der Waals surface area contributed by atoms with Crippen molar-refractivity contribution < 1.29 is 14.3 Å². The quantitative estimate of drug-likeness (QED) is 0.892. The Hall–Kier alpha value is -2.04. The van der Waals surface area contributed by atoms with Crippen LogP contribution in [0.1, 0.15) is 43.6 Å². The molecular weight excluding hydrogens is 256 g/mol. The van der Waals surface area contributed by atoms with Gasteiger partial charge in [0.25, 0.3) is 5.91 Å². The van der Waals surface area contributed by atoms with Gasteiger partial charge in [0.15, 0.2) is 0 Å². The van der Waals surface area contributed by atoms with Crippen molar-refractivity contribution in [3.63, 3.8) is 0 Å². The molecule has 0 saturated heterocycles. The van der Waals surface area contributed by atoms with Gasteiger partial charge < -0.3 is 10.1 Å². The van der Waals surface area contributed by atoms with Gasteiger partial charge in [-0.1, -0.05) is 0 Å². The third-order valence-corrected chi connectivity index (χ3v) is 2.46. The normalized spacial score (nSPS) is 10.8. The Kier molecular flexibility index (Phi) is 5.13. The van der Waals surface area contributed by atoms with Crippen LogP contribution < -0.4 is 10.6 Å². The zero-order valence-corrected chi connectivity index (χ0v) is 12.7. The summed E-state index contributed by atoms with van der Waals surface area (Å²) in [5.74, 6) is -0.126. The molecule has 0 aliphatic heterocycles. The van der Waals surface area contributed by atoms with Gasteiger partial charge in [0.2, 0.25) is 0 Å². The average Bonchev–Trinajstić information content (AvgIpc) is 2.29. The fourth-order valence-corrected chi connectivity index (χ4v) is 1.62. The number of anilines is 1. The molecule has 0 atom stereocenters. The summed E-state index contributed by atoms with van der Waals surface area (Å²) in [6, 6.07) is 5.10. The maximum atomic E-state index is 11.7. The molecular formula is C15H22N2O3. The topological polar surface area (TPSA) is 67.4 Å². The summed E-state index contributed by atoms with van der Waals surface area (Å²) < 4.78 is 5.18. The third kappa shape index (κ3) is 4.91. The minimum Gasteiger partial charge on any atom is -0.444 e. The Morgan fingerprint density at radius 2 is 1.90 bits per heavy atom. The van der Waals surface area contributed by atoms with Gasteiger partial charge in [-0.2, -0.15) is 0 Å². The average molecular weight is 278 g/mol. The van der Waals surface area contributed by atoms with Gasteiger partial charge in [-0.25, -0.2) is 4.79 Å². The molecule has 2 amide bonds. The third-order valence-electron chi connectivity index (χ3n) is 2.46. The lowest BCUT2D eigenvalue weighted by molar-refractivity contribution is 0.0635. The maximum absolute atomic E-state index is 11.7. The second kappa shape index (κ2) is 6.41. The van der Waals surface area contributed by atoms with E-state index < -0.39 is 11.7 Å². The number of hydrogen-bond acceptors (Lipinski definition) is 3. The zero-order valence-electron chi connectivity index (χ0n) is 12.7. The van der Waals surface area contributed by atoms with Gasteiger partial charge in [0, 0.05) is 17.8 Å². The first-order chi connectivity index (χ1) is 9.23. The van der Waals surface area contributed by atoms with E-state index in [-0.39, 0.29) is 5.91 Å². The van der Waals surface area contributed by atoms with Gasteiger partial charge in [-0.05, 0) is 58.4 Å². The van der Waals surface area contributed by atoms with Crippen molar-refractivity contribution in [1.29, 1.82) is 0 Å². The Bertz CT molecular complexity index is 504. The predicted octanol–water partition coefficient (Wildman–Crippen LogP) is 3.09. The summed E-state index contributed by atoms with van der Waals surface area (Å²) in [5, 5.41) is 5.40. The van der Waals surface area contributed by atoms with Crippen LogP contribution in [-0.4, -0.2) is 24.1 Å². The molecule has 0 bridgehead atoms. The zero-order chi connectivity index (χ0) is 15.3.